The lowest BCUT2D eigenvalue weighted by Crippen LogP contribution is -2.74. The molecule has 14 rings (SSSR count). The maximum absolute atomic E-state index is 9.32. The number of aromatic nitrogens is 4. The van der Waals surface area contributed by atoms with Crippen LogP contribution in [0.25, 0.3) is 83.4 Å². The van der Waals surface area contributed by atoms with Gasteiger partial charge >= 0.3 is 0 Å². The maximum Gasteiger partial charge on any atom is 0.269 e. The fourth-order valence-electron chi connectivity index (χ4n) is 11.7. The molecule has 82 heavy (non-hydrogen) atoms. The van der Waals surface area contributed by atoms with Crippen LogP contribution in [0.4, 0.5) is 0 Å². The Hall–Kier alpha value is -10.1. The molecule has 11 aromatic carbocycles. The van der Waals surface area contributed by atoms with Gasteiger partial charge in [-0.25, -0.2) is 4.98 Å². The van der Waals surface area contributed by atoms with Gasteiger partial charge in [0.1, 0.15) is 17.3 Å². The van der Waals surface area contributed by atoms with E-state index in [4.69, 9.17) is 17.9 Å². The van der Waals surface area contributed by atoms with E-state index in [-0.39, 0.29) is 33.4 Å². The van der Waals surface area contributed by atoms with Crippen molar-refractivity contribution >= 4 is 61.7 Å². The highest BCUT2D eigenvalue weighted by molar-refractivity contribution is 7.19. The van der Waals surface area contributed by atoms with E-state index in [2.05, 4.69) is 177 Å². The lowest BCUT2D eigenvalue weighted by molar-refractivity contribution is -0.571. The number of hydrogen-bond acceptors (Lipinski definition) is 2. The fourth-order valence-corrected chi connectivity index (χ4v) is 16.4. The maximum atomic E-state index is 9.32. The van der Waals surface area contributed by atoms with Crippen molar-refractivity contribution in [3.63, 3.8) is 0 Å². The third kappa shape index (κ3) is 8.90. The lowest BCUT2D eigenvalue weighted by Gasteiger charge is -2.34. The molecule has 0 bridgehead atoms. The van der Waals surface area contributed by atoms with Crippen LogP contribution < -0.4 is 30.1 Å². The second-order valence-electron chi connectivity index (χ2n) is 21.4. The molecule has 3 aromatic heterocycles. The highest BCUT2D eigenvalue weighted by Gasteiger charge is 2.41. The molecule has 0 atom stereocenters. The van der Waals surface area contributed by atoms with Crippen molar-refractivity contribution in [2.24, 2.45) is 0 Å². The van der Waals surface area contributed by atoms with Crippen molar-refractivity contribution in [3.8, 4) is 62.1 Å². The van der Waals surface area contributed by atoms with E-state index >= 15 is 0 Å². The van der Waals surface area contributed by atoms with Gasteiger partial charge in [-0.15, -0.1) is 0 Å². The van der Waals surface area contributed by atoms with Crippen LogP contribution in [0, 0.1) is 6.33 Å². The molecule has 0 saturated carbocycles. The van der Waals surface area contributed by atoms with Gasteiger partial charge < -0.3 is 4.74 Å². The van der Waals surface area contributed by atoms with E-state index in [9.17, 15) is 5.48 Å². The zero-order valence-electron chi connectivity index (χ0n) is 55.2. The van der Waals surface area contributed by atoms with Gasteiger partial charge in [0, 0.05) is 23.0 Å². The number of pyridine rings is 1. The van der Waals surface area contributed by atoms with Crippen LogP contribution >= 0.6 is 0 Å². The summed E-state index contributed by atoms with van der Waals surface area (Å²) < 4.78 is 102. The topological polar surface area (TPSA) is 35.9 Å². The van der Waals surface area contributed by atoms with Crippen molar-refractivity contribution in [2.45, 2.75) is 26.2 Å². The van der Waals surface area contributed by atoms with Crippen LogP contribution in [0.3, 0.4) is 0 Å². The monoisotopic (exact) mass is 1080 g/mol. The minimum Gasteiger partial charge on any atom is -0.458 e. The molecule has 0 N–H and O–H groups in total. The van der Waals surface area contributed by atoms with E-state index in [0.717, 1.165) is 44.3 Å². The lowest BCUT2D eigenvalue weighted by atomic mass is 9.88. The highest BCUT2D eigenvalue weighted by atomic mass is 28.3. The van der Waals surface area contributed by atoms with Gasteiger partial charge in [0.15, 0.2) is 8.07 Å². The first kappa shape index (κ1) is 40.1. The molecular formula is C76H58N4OSi. The normalized spacial score (nSPS) is 13.5. The van der Waals surface area contributed by atoms with E-state index in [1.165, 1.54) is 20.7 Å². The zero-order chi connectivity index (χ0) is 63.9. The third-order valence-electron chi connectivity index (χ3n) is 15.5. The SMILES string of the molecule is [2H]c1c([2H])c([2H])c(-c2cccc(-c3c([2H])c([2H])c([2H])c([2H])c3[2H])c2-[n+]2[c-]n(-c3cccc(Oc4ccc5c6ccccc6n(-c6cc(C(C)(C)C)ccn6)c5c4)c3)c3cc(-c4ccc([Si](c5ccccc5)(c5ccccc5)c5ccccc5)cc4)ccc32)c([2H])c1[2H]. The summed E-state index contributed by atoms with van der Waals surface area (Å²) in [6.45, 7) is 6.56. The molecule has 0 aliphatic heterocycles. The fraction of sp³-hybridized carbons (Fsp3) is 0.0526. The number of nitrogens with zero attached hydrogens (tertiary/aromatic N) is 4. The molecule has 6 heteroatoms. The van der Waals surface area contributed by atoms with Crippen LogP contribution in [-0.2, 0) is 5.41 Å². The first-order valence-corrected chi connectivity index (χ1v) is 29.3. The van der Waals surface area contributed by atoms with Gasteiger partial charge in [0.05, 0.1) is 47.1 Å². The molecule has 0 amide bonds. The van der Waals surface area contributed by atoms with Crippen LogP contribution in [0.1, 0.15) is 40.0 Å². The summed E-state index contributed by atoms with van der Waals surface area (Å²) in [5.41, 5.74) is 6.58. The summed E-state index contributed by atoms with van der Waals surface area (Å²) >= 11 is 0. The van der Waals surface area contributed by atoms with Gasteiger partial charge in [0.2, 0.25) is 0 Å². The molecule has 0 saturated heterocycles. The van der Waals surface area contributed by atoms with Crippen molar-refractivity contribution < 1.29 is 23.0 Å². The number of ether oxygens (including phenoxy) is 1. The van der Waals surface area contributed by atoms with Crippen LogP contribution in [-0.4, -0.2) is 22.2 Å². The first-order valence-electron chi connectivity index (χ1n) is 32.3. The first-order chi connectivity index (χ1) is 44.4. The van der Waals surface area contributed by atoms with Crippen LogP contribution in [0.2, 0.25) is 0 Å². The molecule has 0 fully saturated rings. The molecule has 0 aliphatic carbocycles. The van der Waals surface area contributed by atoms with Crippen LogP contribution in [0.5, 0.6) is 11.5 Å². The van der Waals surface area contributed by atoms with E-state index in [1.54, 1.807) is 22.8 Å². The second kappa shape index (κ2) is 20.8. The molecule has 0 unspecified atom stereocenters. The Morgan fingerprint density at radius 3 is 1.66 bits per heavy atom. The predicted molar refractivity (Wildman–Crippen MR) is 341 cm³/mol. The molecule has 3 heterocycles. The quantitative estimate of drug-likeness (QED) is 0.0529. The van der Waals surface area contributed by atoms with E-state index in [1.807, 2.05) is 77.5 Å². The van der Waals surface area contributed by atoms with E-state index in [0.29, 0.717) is 28.2 Å². The molecule has 0 spiro atoms. The molecule has 5 nitrogen and oxygen atoms in total. The number of para-hydroxylation sites is 2. The number of hydrogen-bond donors (Lipinski definition) is 0. The summed E-state index contributed by atoms with van der Waals surface area (Å²) in [5.74, 6) is 1.85. The molecule has 392 valence electrons. The smallest absolute Gasteiger partial charge is 0.269 e. The summed E-state index contributed by atoms with van der Waals surface area (Å²) in [7, 11) is -2.89. The highest BCUT2D eigenvalue weighted by Crippen LogP contribution is 2.38. The molecular weight excluding hydrogens is 1010 g/mol. The Balaban J connectivity index is 0.982. The van der Waals surface area contributed by atoms with Gasteiger partial charge in [-0.3, -0.25) is 13.7 Å². The Kier molecular flexibility index (Phi) is 10.2. The number of imidazole rings is 1. The third-order valence-corrected chi connectivity index (χ3v) is 20.3. The van der Waals surface area contributed by atoms with Gasteiger partial charge in [-0.1, -0.05) is 251 Å². The minimum absolute atomic E-state index is 0.117. The average Bonchev–Trinajstić information content (AvgIpc) is 1.19. The number of benzene rings is 11. The van der Waals surface area contributed by atoms with Crippen molar-refractivity contribution in [3.05, 3.63) is 309 Å². The Bertz CT molecular complexity index is 5000. The van der Waals surface area contributed by atoms with Gasteiger partial charge in [0.25, 0.3) is 6.33 Å². The molecule has 14 aromatic rings. The standard InChI is InChI=1S/C76H58N4OSi/c1-76(2,3)58-47-48-77-74(50-58)80-70-38-20-19-35-68(70)69-45-42-61(52-72(69)80)81-60-28-21-27-59(51-60)78-53-79(75-66(55-23-9-4-10-24-55)36-22-37-67(75)56-25-11-5-12-26-56)71-46-41-57(49-73(71)78)54-39-43-65(44-40-54)82(62-29-13-6-14-30-62,63-31-15-7-16-32-63)64-33-17-8-18-34-64/h4-52H,1-3H3/i4D,5D,9D,10D,11D,12D,23D,24D,25D,26D. The van der Waals surface area contributed by atoms with Crippen molar-refractivity contribution in [2.75, 3.05) is 0 Å². The Morgan fingerprint density at radius 1 is 0.463 bits per heavy atom. The average molecular weight is 1080 g/mol. The van der Waals surface area contributed by atoms with Crippen molar-refractivity contribution in [1.82, 2.24) is 14.1 Å². The van der Waals surface area contributed by atoms with E-state index < -0.39 is 68.5 Å². The number of fused-ring (bicyclic) bond motifs is 4. The largest absolute Gasteiger partial charge is 0.458 e. The molecule has 0 aliphatic rings. The molecule has 0 radical (unpaired) electrons. The second-order valence-corrected chi connectivity index (χ2v) is 25.2. The summed E-state index contributed by atoms with van der Waals surface area (Å²) in [4.78, 5) is 4.89. The predicted octanol–water partition coefficient (Wildman–Crippen LogP) is 15.7. The number of rotatable bonds is 12. The van der Waals surface area contributed by atoms with Crippen LogP contribution in [0.15, 0.2) is 297 Å². The van der Waals surface area contributed by atoms with Crippen molar-refractivity contribution in [1.29, 1.82) is 0 Å². The summed E-state index contributed by atoms with van der Waals surface area (Å²) in [6, 6.07) is 72.5. The Morgan fingerprint density at radius 2 is 1.02 bits per heavy atom. The van der Waals surface area contributed by atoms with Gasteiger partial charge in [-0.2, -0.15) is 0 Å². The zero-order valence-corrected chi connectivity index (χ0v) is 46.2. The summed E-state index contributed by atoms with van der Waals surface area (Å²) in [5, 5.41) is 7.02. The van der Waals surface area contributed by atoms with Gasteiger partial charge in [-0.05, 0) is 120 Å². The summed E-state index contributed by atoms with van der Waals surface area (Å²) in [6.07, 6.45) is 5.46. The minimum atomic E-state index is -2.89. The Labute approximate surface area is 494 Å².